The van der Waals surface area contributed by atoms with E-state index in [1.807, 2.05) is 0 Å². The third kappa shape index (κ3) is 3.79. The first-order chi connectivity index (χ1) is 12.6. The molecular formula is C19H17F5N2O. The fourth-order valence-electron chi connectivity index (χ4n) is 3.63. The van der Waals surface area contributed by atoms with Gasteiger partial charge in [-0.2, -0.15) is 4.39 Å². The van der Waals surface area contributed by atoms with E-state index in [2.05, 4.69) is 4.98 Å². The molecule has 1 aromatic heterocycles. The van der Waals surface area contributed by atoms with Crippen molar-refractivity contribution in [2.24, 2.45) is 5.73 Å². The number of amides is 1. The molecule has 0 atom stereocenters. The lowest BCUT2D eigenvalue weighted by molar-refractivity contribution is -0.0522. The van der Waals surface area contributed by atoms with Crippen molar-refractivity contribution < 1.29 is 26.7 Å². The number of carbonyl (C=O) groups excluding carboxylic acids is 1. The second-order valence-electron chi connectivity index (χ2n) is 6.95. The second kappa shape index (κ2) is 6.90. The van der Waals surface area contributed by atoms with Crippen molar-refractivity contribution in [1.29, 1.82) is 0 Å². The van der Waals surface area contributed by atoms with E-state index in [1.165, 1.54) is 18.3 Å². The molecule has 0 spiro atoms. The first-order valence-electron chi connectivity index (χ1n) is 8.40. The Labute approximate surface area is 152 Å². The van der Waals surface area contributed by atoms with Crippen LogP contribution in [0.2, 0.25) is 0 Å². The predicted molar refractivity (Wildman–Crippen MR) is 87.9 cm³/mol. The van der Waals surface area contributed by atoms with Gasteiger partial charge < -0.3 is 5.73 Å². The van der Waals surface area contributed by atoms with Crippen LogP contribution in [-0.4, -0.2) is 16.8 Å². The molecule has 1 aliphatic rings. The summed E-state index contributed by atoms with van der Waals surface area (Å²) in [6.07, 6.45) is 0.322. The van der Waals surface area contributed by atoms with Crippen LogP contribution in [0.3, 0.4) is 0 Å². The molecule has 1 saturated carbocycles. The monoisotopic (exact) mass is 384 g/mol. The number of alkyl halides is 2. The molecule has 27 heavy (non-hydrogen) atoms. The van der Waals surface area contributed by atoms with E-state index in [0.717, 1.165) is 12.1 Å². The molecule has 2 aromatic rings. The van der Waals surface area contributed by atoms with Gasteiger partial charge in [0, 0.05) is 24.5 Å². The van der Waals surface area contributed by atoms with Gasteiger partial charge in [0.05, 0.1) is 5.56 Å². The van der Waals surface area contributed by atoms with Gasteiger partial charge in [0.2, 0.25) is 11.9 Å². The highest BCUT2D eigenvalue weighted by Gasteiger charge is 2.45. The molecule has 1 heterocycles. The molecule has 3 nitrogen and oxygen atoms in total. The lowest BCUT2D eigenvalue weighted by Crippen LogP contribution is -2.38. The summed E-state index contributed by atoms with van der Waals surface area (Å²) in [5.41, 5.74) is 3.91. The van der Waals surface area contributed by atoms with Crippen molar-refractivity contribution in [2.45, 2.75) is 43.4 Å². The highest BCUT2D eigenvalue weighted by molar-refractivity contribution is 5.93. The Balaban J connectivity index is 2.01. The Morgan fingerprint density at radius 2 is 1.67 bits per heavy atom. The molecule has 1 amide bonds. The summed E-state index contributed by atoms with van der Waals surface area (Å²) >= 11 is 0. The summed E-state index contributed by atoms with van der Waals surface area (Å²) in [4.78, 5) is 14.7. The number of nitrogens with two attached hydrogens (primary N) is 1. The van der Waals surface area contributed by atoms with Gasteiger partial charge in [-0.25, -0.2) is 22.5 Å². The largest absolute Gasteiger partial charge is 0.366 e. The van der Waals surface area contributed by atoms with Gasteiger partial charge in [-0.15, -0.1) is 0 Å². The minimum absolute atomic E-state index is 0.00590. The summed E-state index contributed by atoms with van der Waals surface area (Å²) in [6.45, 7) is 0. The zero-order valence-corrected chi connectivity index (χ0v) is 14.2. The van der Waals surface area contributed by atoms with Crippen LogP contribution in [0.4, 0.5) is 22.0 Å². The van der Waals surface area contributed by atoms with Crippen LogP contribution >= 0.6 is 0 Å². The summed E-state index contributed by atoms with van der Waals surface area (Å²) in [7, 11) is 0. The summed E-state index contributed by atoms with van der Waals surface area (Å²) < 4.78 is 69.1. The van der Waals surface area contributed by atoms with Gasteiger partial charge >= 0.3 is 0 Å². The second-order valence-corrected chi connectivity index (χ2v) is 6.95. The summed E-state index contributed by atoms with van der Waals surface area (Å²) in [5, 5.41) is 0. The molecule has 1 fully saturated rings. The molecule has 0 radical (unpaired) electrons. The lowest BCUT2D eigenvalue weighted by Gasteiger charge is -2.40. The third-order valence-electron chi connectivity index (χ3n) is 5.23. The van der Waals surface area contributed by atoms with Crippen LogP contribution in [-0.2, 0) is 11.8 Å². The number of aromatic nitrogens is 1. The van der Waals surface area contributed by atoms with Gasteiger partial charge in [0.15, 0.2) is 11.6 Å². The van der Waals surface area contributed by atoms with E-state index < -0.39 is 53.2 Å². The molecule has 0 aliphatic heterocycles. The SMILES string of the molecule is NC(=O)c1ccc(CC2(c3ccc(F)nc3)CCC(F)(F)CC2)c(F)c1F. The average Bonchev–Trinajstić information content (AvgIpc) is 2.61. The zero-order chi connectivity index (χ0) is 19.8. The molecule has 2 N–H and O–H groups in total. The third-order valence-corrected chi connectivity index (χ3v) is 5.23. The molecule has 0 saturated heterocycles. The fraction of sp³-hybridized carbons (Fsp3) is 0.368. The van der Waals surface area contributed by atoms with E-state index >= 15 is 0 Å². The number of primary amides is 1. The number of pyridine rings is 1. The Morgan fingerprint density at radius 3 is 2.22 bits per heavy atom. The fourth-order valence-corrected chi connectivity index (χ4v) is 3.63. The van der Waals surface area contributed by atoms with Gasteiger partial charge in [-0.05, 0) is 42.5 Å². The standard InChI is InChI=1S/C19H17F5N2O/c20-14-4-2-12(10-26-14)18(5-7-19(23,24)8-6-18)9-11-1-3-13(17(25)27)16(22)15(11)21/h1-4,10H,5-9H2,(H2,25,27). The topological polar surface area (TPSA) is 56.0 Å². The highest BCUT2D eigenvalue weighted by Crippen LogP contribution is 2.47. The van der Waals surface area contributed by atoms with Crippen molar-refractivity contribution in [2.75, 3.05) is 0 Å². The molecular weight excluding hydrogens is 367 g/mol. The van der Waals surface area contributed by atoms with Crippen molar-refractivity contribution in [3.8, 4) is 0 Å². The Bertz CT molecular complexity index is 857. The minimum atomic E-state index is -2.84. The van der Waals surface area contributed by atoms with E-state index in [4.69, 9.17) is 5.73 Å². The maximum Gasteiger partial charge on any atom is 0.251 e. The molecule has 0 unspecified atom stereocenters. The van der Waals surface area contributed by atoms with Crippen molar-refractivity contribution in [1.82, 2.24) is 4.98 Å². The van der Waals surface area contributed by atoms with Crippen molar-refractivity contribution in [3.63, 3.8) is 0 Å². The Morgan fingerprint density at radius 1 is 1.00 bits per heavy atom. The summed E-state index contributed by atoms with van der Waals surface area (Å²) in [5.74, 6) is -7.27. The average molecular weight is 384 g/mol. The maximum absolute atomic E-state index is 14.5. The number of halogens is 5. The quantitative estimate of drug-likeness (QED) is 0.632. The van der Waals surface area contributed by atoms with Crippen LogP contribution in [0.15, 0.2) is 30.5 Å². The first-order valence-corrected chi connectivity index (χ1v) is 8.40. The number of rotatable bonds is 4. The van der Waals surface area contributed by atoms with Crippen LogP contribution < -0.4 is 5.73 Å². The number of benzene rings is 1. The zero-order valence-electron chi connectivity index (χ0n) is 14.2. The van der Waals surface area contributed by atoms with E-state index in [1.54, 1.807) is 0 Å². The number of hydrogen-bond donors (Lipinski definition) is 1. The predicted octanol–water partition coefficient (Wildman–Crippen LogP) is 4.29. The molecule has 1 aliphatic carbocycles. The first kappa shape index (κ1) is 19.3. The van der Waals surface area contributed by atoms with Gasteiger partial charge in [-0.1, -0.05) is 12.1 Å². The van der Waals surface area contributed by atoms with Gasteiger partial charge in [-0.3, -0.25) is 4.79 Å². The molecule has 1 aromatic carbocycles. The molecule has 0 bridgehead atoms. The number of hydrogen-bond acceptors (Lipinski definition) is 2. The number of nitrogens with zero attached hydrogens (tertiary/aromatic N) is 1. The smallest absolute Gasteiger partial charge is 0.251 e. The lowest BCUT2D eigenvalue weighted by atomic mass is 9.65. The van der Waals surface area contributed by atoms with Gasteiger partial charge in [0.25, 0.3) is 5.91 Å². The molecule has 144 valence electrons. The van der Waals surface area contributed by atoms with Gasteiger partial charge in [0.1, 0.15) is 0 Å². The van der Waals surface area contributed by atoms with Crippen LogP contribution in [0.5, 0.6) is 0 Å². The van der Waals surface area contributed by atoms with Crippen molar-refractivity contribution >= 4 is 5.91 Å². The highest BCUT2D eigenvalue weighted by atomic mass is 19.3. The van der Waals surface area contributed by atoms with Crippen molar-refractivity contribution in [3.05, 3.63) is 64.7 Å². The van der Waals surface area contributed by atoms with Crippen LogP contribution in [0.1, 0.15) is 47.2 Å². The number of carbonyl (C=O) groups is 1. The molecule has 8 heteroatoms. The minimum Gasteiger partial charge on any atom is -0.366 e. The van der Waals surface area contributed by atoms with Crippen LogP contribution in [0, 0.1) is 17.6 Å². The summed E-state index contributed by atoms with van der Waals surface area (Å²) in [6, 6.07) is 4.84. The van der Waals surface area contributed by atoms with E-state index in [-0.39, 0.29) is 24.8 Å². The molecule has 3 rings (SSSR count). The Kier molecular flexibility index (Phi) is 4.92. The normalized spacial score (nSPS) is 18.3. The van der Waals surface area contributed by atoms with E-state index in [0.29, 0.717) is 5.56 Å². The van der Waals surface area contributed by atoms with E-state index in [9.17, 15) is 26.7 Å². The maximum atomic E-state index is 14.5. The van der Waals surface area contributed by atoms with Crippen LogP contribution in [0.25, 0.3) is 0 Å². The Hall–Kier alpha value is -2.51.